The second kappa shape index (κ2) is 5.31. The number of hydrogen-bond acceptors (Lipinski definition) is 5. The number of thiazole rings is 1. The second-order valence-corrected chi connectivity index (χ2v) is 6.63. The smallest absolute Gasteiger partial charge is 0.161 e. The first kappa shape index (κ1) is 13.1. The van der Waals surface area contributed by atoms with Gasteiger partial charge in [-0.25, -0.2) is 4.98 Å². The Labute approximate surface area is 127 Å². The molecule has 0 saturated heterocycles. The molecule has 2 aliphatic rings. The largest absolute Gasteiger partial charge is 0.490 e. The maximum atomic E-state index is 6.40. The topological polar surface area (TPSA) is 57.4 Å². The molecule has 0 amide bonds. The minimum Gasteiger partial charge on any atom is -0.490 e. The molecule has 1 aromatic heterocycles. The summed E-state index contributed by atoms with van der Waals surface area (Å²) in [6.45, 7) is 1.40. The average Bonchev–Trinajstić information content (AvgIpc) is 3.00. The summed E-state index contributed by atoms with van der Waals surface area (Å²) in [5, 5.41) is 1.01. The highest BCUT2D eigenvalue weighted by molar-refractivity contribution is 7.11. The number of rotatable bonds is 2. The van der Waals surface area contributed by atoms with Crippen molar-refractivity contribution < 1.29 is 9.47 Å². The Hall–Kier alpha value is -1.59. The third-order valence-corrected chi connectivity index (χ3v) is 5.25. The van der Waals surface area contributed by atoms with Crippen LogP contribution in [0.25, 0.3) is 0 Å². The highest BCUT2D eigenvalue weighted by Gasteiger charge is 2.22. The van der Waals surface area contributed by atoms with Gasteiger partial charge < -0.3 is 15.2 Å². The van der Waals surface area contributed by atoms with E-state index in [1.54, 1.807) is 11.3 Å². The SMILES string of the molecule is NC(c1ccc2c(c1)OCCCO2)c1nc2c(s1)CCC2. The number of hydrogen-bond donors (Lipinski definition) is 1. The van der Waals surface area contributed by atoms with Crippen LogP contribution in [0.3, 0.4) is 0 Å². The van der Waals surface area contributed by atoms with Gasteiger partial charge in [0.15, 0.2) is 11.5 Å². The van der Waals surface area contributed by atoms with Crippen molar-refractivity contribution in [3.63, 3.8) is 0 Å². The molecule has 0 bridgehead atoms. The van der Waals surface area contributed by atoms with Gasteiger partial charge in [-0.3, -0.25) is 0 Å². The second-order valence-electron chi connectivity index (χ2n) is 5.51. The van der Waals surface area contributed by atoms with Gasteiger partial charge in [0.05, 0.1) is 24.9 Å². The van der Waals surface area contributed by atoms with E-state index in [2.05, 4.69) is 0 Å². The van der Waals surface area contributed by atoms with Gasteiger partial charge in [0.2, 0.25) is 0 Å². The summed E-state index contributed by atoms with van der Waals surface area (Å²) in [5.74, 6) is 1.61. The number of aryl methyl sites for hydroxylation is 2. The van der Waals surface area contributed by atoms with E-state index in [1.165, 1.54) is 17.0 Å². The normalized spacial score (nSPS) is 18.1. The molecule has 2 heterocycles. The molecule has 0 radical (unpaired) electrons. The first-order valence-electron chi connectivity index (χ1n) is 7.45. The fraction of sp³-hybridized carbons (Fsp3) is 0.438. The summed E-state index contributed by atoms with van der Waals surface area (Å²) in [4.78, 5) is 6.13. The van der Waals surface area contributed by atoms with Crippen LogP contribution in [-0.4, -0.2) is 18.2 Å². The van der Waals surface area contributed by atoms with Crippen LogP contribution in [0.15, 0.2) is 18.2 Å². The van der Waals surface area contributed by atoms with Gasteiger partial charge in [0, 0.05) is 11.3 Å². The van der Waals surface area contributed by atoms with Crippen LogP contribution in [0.2, 0.25) is 0 Å². The molecule has 4 nitrogen and oxygen atoms in total. The molecule has 110 valence electrons. The van der Waals surface area contributed by atoms with Crippen molar-refractivity contribution in [2.45, 2.75) is 31.7 Å². The third-order valence-electron chi connectivity index (χ3n) is 4.01. The first-order chi connectivity index (χ1) is 10.3. The molecule has 0 spiro atoms. The van der Waals surface area contributed by atoms with Crippen molar-refractivity contribution in [2.75, 3.05) is 13.2 Å². The van der Waals surface area contributed by atoms with Crippen molar-refractivity contribution in [1.29, 1.82) is 0 Å². The Kier molecular flexibility index (Phi) is 3.31. The minimum absolute atomic E-state index is 0.183. The standard InChI is InChI=1S/C16H18N2O2S/c17-15(16-18-11-3-1-4-14(11)21-16)10-5-6-12-13(9-10)20-8-2-7-19-12/h5-6,9,15H,1-4,7-8,17H2. The number of benzene rings is 1. The fourth-order valence-corrected chi connectivity index (χ4v) is 4.04. The van der Waals surface area contributed by atoms with E-state index >= 15 is 0 Å². The molecule has 1 aliphatic heterocycles. The Balaban J connectivity index is 1.64. The van der Waals surface area contributed by atoms with E-state index in [1.807, 2.05) is 18.2 Å². The quantitative estimate of drug-likeness (QED) is 0.927. The first-order valence-corrected chi connectivity index (χ1v) is 8.26. The number of nitrogens with zero attached hydrogens (tertiary/aromatic N) is 1. The third kappa shape index (κ3) is 2.40. The van der Waals surface area contributed by atoms with Crippen LogP contribution < -0.4 is 15.2 Å². The molecule has 0 saturated carbocycles. The minimum atomic E-state index is -0.183. The van der Waals surface area contributed by atoms with Gasteiger partial charge in [-0.05, 0) is 37.0 Å². The van der Waals surface area contributed by atoms with Crippen LogP contribution in [0.4, 0.5) is 0 Å². The lowest BCUT2D eigenvalue weighted by molar-refractivity contribution is 0.297. The van der Waals surface area contributed by atoms with E-state index in [4.69, 9.17) is 20.2 Å². The summed E-state index contributed by atoms with van der Waals surface area (Å²) in [6, 6.07) is 5.79. The van der Waals surface area contributed by atoms with Crippen LogP contribution in [0, 0.1) is 0 Å². The maximum Gasteiger partial charge on any atom is 0.161 e. The molecule has 4 rings (SSSR count). The molecule has 1 unspecified atom stereocenters. The zero-order valence-corrected chi connectivity index (χ0v) is 12.6. The number of aromatic nitrogens is 1. The summed E-state index contributed by atoms with van der Waals surface area (Å²) < 4.78 is 11.4. The van der Waals surface area contributed by atoms with Crippen molar-refractivity contribution in [1.82, 2.24) is 4.98 Å². The van der Waals surface area contributed by atoms with Gasteiger partial charge in [0.1, 0.15) is 5.01 Å². The zero-order chi connectivity index (χ0) is 14.2. The van der Waals surface area contributed by atoms with Crippen molar-refractivity contribution in [3.05, 3.63) is 39.3 Å². The van der Waals surface area contributed by atoms with Gasteiger partial charge >= 0.3 is 0 Å². The van der Waals surface area contributed by atoms with Crippen molar-refractivity contribution >= 4 is 11.3 Å². The number of nitrogens with two attached hydrogens (primary N) is 1. The predicted octanol–water partition coefficient (Wildman–Crippen LogP) is 2.84. The van der Waals surface area contributed by atoms with Gasteiger partial charge in [-0.15, -0.1) is 11.3 Å². The van der Waals surface area contributed by atoms with Gasteiger partial charge in [0.25, 0.3) is 0 Å². The molecule has 0 fully saturated rings. The van der Waals surface area contributed by atoms with Crippen LogP contribution in [-0.2, 0) is 12.8 Å². The molecular weight excluding hydrogens is 284 g/mol. The summed E-state index contributed by atoms with van der Waals surface area (Å²) in [5.41, 5.74) is 8.68. The molecule has 21 heavy (non-hydrogen) atoms. The lowest BCUT2D eigenvalue weighted by Gasteiger charge is -2.13. The summed E-state index contributed by atoms with van der Waals surface area (Å²) >= 11 is 1.76. The highest BCUT2D eigenvalue weighted by Crippen LogP contribution is 2.36. The number of ether oxygens (including phenoxy) is 2. The monoisotopic (exact) mass is 302 g/mol. The maximum absolute atomic E-state index is 6.40. The van der Waals surface area contributed by atoms with Gasteiger partial charge in [-0.1, -0.05) is 6.07 Å². The van der Waals surface area contributed by atoms with Crippen LogP contribution in [0.5, 0.6) is 11.5 Å². The van der Waals surface area contributed by atoms with Crippen LogP contribution >= 0.6 is 11.3 Å². The Bertz CT molecular complexity index is 647. The Morgan fingerprint density at radius 2 is 1.95 bits per heavy atom. The number of fused-ring (bicyclic) bond motifs is 2. The summed E-state index contributed by atoms with van der Waals surface area (Å²) in [6.07, 6.45) is 4.39. The highest BCUT2D eigenvalue weighted by atomic mass is 32.1. The Morgan fingerprint density at radius 3 is 2.81 bits per heavy atom. The van der Waals surface area contributed by atoms with E-state index in [-0.39, 0.29) is 6.04 Å². The van der Waals surface area contributed by atoms with Crippen LogP contribution in [0.1, 0.15) is 40.0 Å². The van der Waals surface area contributed by atoms with Crippen molar-refractivity contribution in [2.24, 2.45) is 5.73 Å². The zero-order valence-electron chi connectivity index (χ0n) is 11.8. The van der Waals surface area contributed by atoms with Crippen molar-refractivity contribution in [3.8, 4) is 11.5 Å². The molecule has 2 aromatic rings. The average molecular weight is 302 g/mol. The van der Waals surface area contributed by atoms with E-state index in [9.17, 15) is 0 Å². The molecule has 1 atom stereocenters. The Morgan fingerprint density at radius 1 is 1.10 bits per heavy atom. The van der Waals surface area contributed by atoms with E-state index < -0.39 is 0 Å². The predicted molar refractivity (Wildman–Crippen MR) is 82.2 cm³/mol. The molecule has 1 aliphatic carbocycles. The molecule has 2 N–H and O–H groups in total. The molecule has 5 heteroatoms. The lowest BCUT2D eigenvalue weighted by Crippen LogP contribution is -2.12. The van der Waals surface area contributed by atoms with Gasteiger partial charge in [-0.2, -0.15) is 0 Å². The van der Waals surface area contributed by atoms with E-state index in [0.29, 0.717) is 13.2 Å². The lowest BCUT2D eigenvalue weighted by atomic mass is 10.1. The van der Waals surface area contributed by atoms with E-state index in [0.717, 1.165) is 41.3 Å². The molecular formula is C16H18N2O2S. The molecule has 1 aromatic carbocycles. The fourth-order valence-electron chi connectivity index (χ4n) is 2.86. The summed E-state index contributed by atoms with van der Waals surface area (Å²) in [7, 11) is 0.